The summed E-state index contributed by atoms with van der Waals surface area (Å²) in [5, 5.41) is 6.60. The van der Waals surface area contributed by atoms with Crippen molar-refractivity contribution in [2.24, 2.45) is 0 Å². The van der Waals surface area contributed by atoms with Crippen LogP contribution in [0.25, 0.3) is 12.2 Å². The molecule has 0 aliphatic heterocycles. The first-order chi connectivity index (χ1) is 10.3. The summed E-state index contributed by atoms with van der Waals surface area (Å²) in [6, 6.07) is 0. The minimum atomic E-state index is -4.31. The quantitative estimate of drug-likeness (QED) is 0.751. The monoisotopic (exact) mass is 309 g/mol. The highest BCUT2D eigenvalue weighted by molar-refractivity contribution is 5.69. The zero-order chi connectivity index (χ0) is 16.8. The molecular weight excluding hydrogens is 291 g/mol. The van der Waals surface area contributed by atoms with E-state index in [4.69, 9.17) is 5.73 Å². The second-order valence-corrected chi connectivity index (χ2v) is 4.54. The fraction of sp³-hybridized carbons (Fsp3) is 0.188. The highest BCUT2D eigenvalue weighted by atomic mass is 19.4. The normalized spacial score (nSPS) is 13.6. The van der Waals surface area contributed by atoms with Crippen LogP contribution in [0.3, 0.4) is 0 Å². The van der Waals surface area contributed by atoms with Crippen LogP contribution in [0.2, 0.25) is 0 Å². The van der Waals surface area contributed by atoms with E-state index in [1.54, 1.807) is 18.2 Å². The fourth-order valence-corrected chi connectivity index (χ4v) is 1.58. The molecule has 0 spiro atoms. The van der Waals surface area contributed by atoms with Gasteiger partial charge in [0.05, 0.1) is 5.69 Å². The summed E-state index contributed by atoms with van der Waals surface area (Å²) in [7, 11) is 0. The van der Waals surface area contributed by atoms with Gasteiger partial charge in [0.15, 0.2) is 5.82 Å². The lowest BCUT2D eigenvalue weighted by Gasteiger charge is -2.04. The number of rotatable bonds is 6. The lowest BCUT2D eigenvalue weighted by molar-refractivity contribution is -0.0912. The van der Waals surface area contributed by atoms with Crippen molar-refractivity contribution in [1.82, 2.24) is 10.2 Å². The van der Waals surface area contributed by atoms with Crippen LogP contribution in [0.4, 0.5) is 19.0 Å². The number of aromatic nitrogens is 2. The molecule has 22 heavy (non-hydrogen) atoms. The highest BCUT2D eigenvalue weighted by Crippen LogP contribution is 2.25. The van der Waals surface area contributed by atoms with E-state index in [0.717, 1.165) is 13.0 Å². The molecule has 118 valence electrons. The van der Waals surface area contributed by atoms with E-state index in [2.05, 4.69) is 23.4 Å². The maximum Gasteiger partial charge on any atom is 0.412 e. The Morgan fingerprint density at radius 3 is 2.55 bits per heavy atom. The second kappa shape index (κ2) is 7.49. The summed E-state index contributed by atoms with van der Waals surface area (Å²) in [5.74, 6) is 0.345. The predicted molar refractivity (Wildman–Crippen MR) is 84.8 cm³/mol. The third kappa shape index (κ3) is 4.80. The SMILES string of the molecule is C=C/C(=C\C=C(/C)C(F)(F)F)C/C=C\c1[nH]nc(N)c1C=C. The minimum Gasteiger partial charge on any atom is -0.382 e. The molecule has 3 nitrogen and oxygen atoms in total. The Balaban J connectivity index is 2.81. The first-order valence-corrected chi connectivity index (χ1v) is 6.49. The molecule has 6 heteroatoms. The van der Waals surface area contributed by atoms with Gasteiger partial charge in [-0.2, -0.15) is 18.3 Å². The number of hydrogen-bond donors (Lipinski definition) is 2. The average Bonchev–Trinajstić information content (AvgIpc) is 2.81. The van der Waals surface area contributed by atoms with E-state index in [1.807, 2.05) is 0 Å². The standard InChI is InChI=1S/C16H18F3N3/c1-4-12(10-9-11(3)16(17,18)19)7-6-8-14-13(5-2)15(20)22-21-14/h4-6,8-10H,1-2,7H2,3H3,(H3,20,21,22)/b8-6-,11-9+,12-10+. The topological polar surface area (TPSA) is 54.7 Å². The number of hydrogen-bond acceptors (Lipinski definition) is 2. The van der Waals surface area contributed by atoms with Gasteiger partial charge in [-0.05, 0) is 25.0 Å². The Morgan fingerprint density at radius 2 is 2.00 bits per heavy atom. The third-order valence-corrected chi connectivity index (χ3v) is 2.96. The van der Waals surface area contributed by atoms with E-state index in [9.17, 15) is 13.2 Å². The number of nitrogens with zero attached hydrogens (tertiary/aromatic N) is 1. The van der Waals surface area contributed by atoms with Gasteiger partial charge in [0, 0.05) is 11.1 Å². The van der Waals surface area contributed by atoms with Crippen molar-refractivity contribution in [3.05, 3.63) is 59.9 Å². The molecule has 0 aromatic carbocycles. The van der Waals surface area contributed by atoms with Gasteiger partial charge in [-0.1, -0.05) is 43.5 Å². The highest BCUT2D eigenvalue weighted by Gasteiger charge is 2.29. The molecule has 0 unspecified atom stereocenters. The van der Waals surface area contributed by atoms with Gasteiger partial charge in [-0.3, -0.25) is 5.10 Å². The van der Waals surface area contributed by atoms with Crippen molar-refractivity contribution < 1.29 is 13.2 Å². The lowest BCUT2D eigenvalue weighted by Crippen LogP contribution is -2.08. The number of allylic oxidation sites excluding steroid dienone is 6. The Kier molecular flexibility index (Phi) is 5.98. The fourth-order valence-electron chi connectivity index (χ4n) is 1.58. The van der Waals surface area contributed by atoms with Crippen molar-refractivity contribution in [2.75, 3.05) is 5.73 Å². The van der Waals surface area contributed by atoms with E-state index in [0.29, 0.717) is 29.1 Å². The van der Waals surface area contributed by atoms with Gasteiger partial charge in [0.25, 0.3) is 0 Å². The number of nitrogens with one attached hydrogen (secondary N) is 1. The summed E-state index contributed by atoms with van der Waals surface area (Å²) in [4.78, 5) is 0. The first kappa shape index (κ1) is 17.6. The summed E-state index contributed by atoms with van der Waals surface area (Å²) in [5.41, 5.74) is 7.02. The summed E-state index contributed by atoms with van der Waals surface area (Å²) in [6.07, 6.45) is 5.18. The number of halogens is 3. The van der Waals surface area contributed by atoms with Crippen LogP contribution in [0.15, 0.2) is 48.6 Å². The average molecular weight is 309 g/mol. The molecule has 0 fully saturated rings. The van der Waals surface area contributed by atoms with Crippen LogP contribution < -0.4 is 5.73 Å². The summed E-state index contributed by atoms with van der Waals surface area (Å²) >= 11 is 0. The number of aromatic amines is 1. The molecule has 0 radical (unpaired) electrons. The van der Waals surface area contributed by atoms with Gasteiger partial charge >= 0.3 is 6.18 Å². The molecule has 0 saturated carbocycles. The van der Waals surface area contributed by atoms with E-state index < -0.39 is 11.7 Å². The molecular formula is C16H18F3N3. The van der Waals surface area contributed by atoms with Gasteiger partial charge in [0.1, 0.15) is 0 Å². The third-order valence-electron chi connectivity index (χ3n) is 2.96. The van der Waals surface area contributed by atoms with Crippen molar-refractivity contribution in [1.29, 1.82) is 0 Å². The van der Waals surface area contributed by atoms with Gasteiger partial charge in [0.2, 0.25) is 0 Å². The van der Waals surface area contributed by atoms with E-state index in [1.165, 1.54) is 12.2 Å². The van der Waals surface area contributed by atoms with Crippen molar-refractivity contribution >= 4 is 18.0 Å². The molecule has 3 N–H and O–H groups in total. The largest absolute Gasteiger partial charge is 0.412 e. The van der Waals surface area contributed by atoms with Gasteiger partial charge < -0.3 is 5.73 Å². The van der Waals surface area contributed by atoms with Crippen LogP contribution in [0, 0.1) is 0 Å². The Labute approximate surface area is 127 Å². The first-order valence-electron chi connectivity index (χ1n) is 6.49. The molecule has 1 heterocycles. The smallest absolute Gasteiger partial charge is 0.382 e. The van der Waals surface area contributed by atoms with Crippen LogP contribution in [0.5, 0.6) is 0 Å². The van der Waals surface area contributed by atoms with E-state index >= 15 is 0 Å². The van der Waals surface area contributed by atoms with Crippen molar-refractivity contribution in [3.63, 3.8) is 0 Å². The Hall–Kier alpha value is -2.50. The molecule has 0 aliphatic rings. The van der Waals surface area contributed by atoms with E-state index in [-0.39, 0.29) is 0 Å². The Bertz CT molecular complexity index is 632. The zero-order valence-corrected chi connectivity index (χ0v) is 12.2. The lowest BCUT2D eigenvalue weighted by atomic mass is 10.1. The Morgan fingerprint density at radius 1 is 1.32 bits per heavy atom. The molecule has 0 bridgehead atoms. The molecule has 0 atom stereocenters. The number of anilines is 1. The van der Waals surface area contributed by atoms with Crippen LogP contribution in [0.1, 0.15) is 24.6 Å². The molecule has 1 aromatic heterocycles. The van der Waals surface area contributed by atoms with Gasteiger partial charge in [-0.25, -0.2) is 0 Å². The van der Waals surface area contributed by atoms with Crippen molar-refractivity contribution in [3.8, 4) is 0 Å². The van der Waals surface area contributed by atoms with Crippen LogP contribution in [-0.4, -0.2) is 16.4 Å². The summed E-state index contributed by atoms with van der Waals surface area (Å²) < 4.78 is 37.2. The molecule has 1 rings (SSSR count). The maximum atomic E-state index is 12.4. The predicted octanol–water partition coefficient (Wildman–Crippen LogP) is 4.66. The minimum absolute atomic E-state index is 0.345. The molecule has 0 aliphatic carbocycles. The van der Waals surface area contributed by atoms with Crippen LogP contribution >= 0.6 is 0 Å². The molecule has 0 amide bonds. The molecule has 0 saturated heterocycles. The second-order valence-electron chi connectivity index (χ2n) is 4.54. The summed E-state index contributed by atoms with van der Waals surface area (Å²) in [6.45, 7) is 8.26. The van der Waals surface area contributed by atoms with Gasteiger partial charge in [-0.15, -0.1) is 0 Å². The number of nitrogen functional groups attached to an aromatic ring is 1. The molecule has 1 aromatic rings. The number of alkyl halides is 3. The van der Waals surface area contributed by atoms with Crippen molar-refractivity contribution in [2.45, 2.75) is 19.5 Å². The maximum absolute atomic E-state index is 12.4. The zero-order valence-electron chi connectivity index (χ0n) is 12.2. The van der Waals surface area contributed by atoms with Crippen LogP contribution in [-0.2, 0) is 0 Å². The number of nitrogens with two attached hydrogens (primary N) is 1. The number of H-pyrrole nitrogens is 1.